The zero-order valence-corrected chi connectivity index (χ0v) is 13.1. The Hall–Kier alpha value is -0.820. The zero-order valence-electron chi connectivity index (χ0n) is 13.1. The fourth-order valence-electron chi connectivity index (χ4n) is 4.98. The van der Waals surface area contributed by atoms with Crippen LogP contribution >= 0.6 is 0 Å². The number of hydrogen-bond donors (Lipinski definition) is 0. The first kappa shape index (κ1) is 12.9. The van der Waals surface area contributed by atoms with Crippen LogP contribution in [0.4, 0.5) is 0 Å². The molecule has 0 radical (unpaired) electrons. The lowest BCUT2D eigenvalue weighted by Crippen LogP contribution is -2.60. The van der Waals surface area contributed by atoms with Crippen molar-refractivity contribution in [3.8, 4) is 0 Å². The van der Waals surface area contributed by atoms with Crippen molar-refractivity contribution in [2.24, 2.45) is 11.8 Å². The van der Waals surface area contributed by atoms with E-state index in [2.05, 4.69) is 49.9 Å². The number of fused-ring (bicyclic) bond motifs is 4. The molecule has 1 saturated heterocycles. The van der Waals surface area contributed by atoms with Crippen LogP contribution < -0.4 is 0 Å². The van der Waals surface area contributed by atoms with Crippen LogP contribution in [-0.2, 0) is 11.8 Å². The Kier molecular flexibility index (Phi) is 2.79. The van der Waals surface area contributed by atoms with E-state index in [4.69, 9.17) is 0 Å². The molecule has 0 amide bonds. The number of nitrogens with zero attached hydrogens (tertiary/aromatic N) is 1. The maximum absolute atomic E-state index is 2.86. The van der Waals surface area contributed by atoms with Crippen molar-refractivity contribution >= 4 is 0 Å². The van der Waals surface area contributed by atoms with Crippen LogP contribution in [0.2, 0.25) is 0 Å². The summed E-state index contributed by atoms with van der Waals surface area (Å²) in [6.45, 7) is 8.80. The van der Waals surface area contributed by atoms with Crippen LogP contribution in [0.15, 0.2) is 24.3 Å². The van der Waals surface area contributed by atoms with E-state index in [0.717, 1.165) is 23.9 Å². The number of hydrogen-bond acceptors (Lipinski definition) is 1. The molecule has 2 bridgehead atoms. The second-order valence-corrected chi connectivity index (χ2v) is 7.70. The molecule has 0 spiro atoms. The van der Waals surface area contributed by atoms with Crippen LogP contribution in [0.25, 0.3) is 0 Å². The Balaban J connectivity index is 1.72. The first-order valence-corrected chi connectivity index (χ1v) is 8.45. The minimum atomic E-state index is 0.402. The summed E-state index contributed by atoms with van der Waals surface area (Å²) in [5.41, 5.74) is 3.66. The van der Waals surface area contributed by atoms with Gasteiger partial charge in [-0.05, 0) is 67.5 Å². The highest BCUT2D eigenvalue weighted by Crippen LogP contribution is 2.50. The Morgan fingerprint density at radius 2 is 2.00 bits per heavy atom. The molecule has 1 saturated carbocycles. The lowest BCUT2D eigenvalue weighted by atomic mass is 9.59. The number of rotatable bonds is 2. The van der Waals surface area contributed by atoms with E-state index in [9.17, 15) is 0 Å². The largest absolute Gasteiger partial charge is 0.297 e. The molecule has 0 N–H and O–H groups in total. The summed E-state index contributed by atoms with van der Waals surface area (Å²) >= 11 is 0. The molecule has 20 heavy (non-hydrogen) atoms. The van der Waals surface area contributed by atoms with Gasteiger partial charge in [0.2, 0.25) is 0 Å². The normalized spacial score (nSPS) is 38.4. The summed E-state index contributed by atoms with van der Waals surface area (Å²) in [5.74, 6) is 1.77. The van der Waals surface area contributed by atoms with Crippen molar-refractivity contribution in [2.75, 3.05) is 6.54 Å². The van der Waals surface area contributed by atoms with Crippen molar-refractivity contribution < 1.29 is 0 Å². The maximum atomic E-state index is 2.86. The minimum absolute atomic E-state index is 0.402. The lowest BCUT2D eigenvalue weighted by Gasteiger charge is -2.56. The highest BCUT2D eigenvalue weighted by molar-refractivity contribution is 5.39. The van der Waals surface area contributed by atoms with Crippen molar-refractivity contribution in [1.82, 2.24) is 4.90 Å². The second kappa shape index (κ2) is 4.34. The average Bonchev–Trinajstić information content (AvgIpc) is 3.27. The van der Waals surface area contributed by atoms with Gasteiger partial charge in [0.15, 0.2) is 0 Å². The molecule has 4 rings (SSSR count). The molecule has 108 valence electrons. The average molecular weight is 269 g/mol. The summed E-state index contributed by atoms with van der Waals surface area (Å²) in [4.78, 5) is 2.86. The van der Waals surface area contributed by atoms with Gasteiger partial charge in [0.05, 0.1) is 0 Å². The first-order valence-electron chi connectivity index (χ1n) is 8.45. The smallest absolute Gasteiger partial charge is 0.0173 e. The van der Waals surface area contributed by atoms with Crippen LogP contribution in [0.5, 0.6) is 0 Å². The van der Waals surface area contributed by atoms with Gasteiger partial charge >= 0.3 is 0 Å². The summed E-state index contributed by atoms with van der Waals surface area (Å²) in [5, 5.41) is 0. The standard InChI is InChI=1S/C19H27N/c1-13-18-12-16-6-4-5-7-17(16)19(13,3)10-11-20(18)14(2)15-8-9-15/h4-7,13-15,18H,8-12H2,1-3H3/t13?,14?,18?,19-/m1/s1. The summed E-state index contributed by atoms with van der Waals surface area (Å²) in [6, 6.07) is 10.8. The quantitative estimate of drug-likeness (QED) is 0.784. The van der Waals surface area contributed by atoms with E-state index in [1.807, 2.05) is 0 Å². The highest BCUT2D eigenvalue weighted by Gasteiger charge is 2.50. The van der Waals surface area contributed by atoms with Gasteiger partial charge in [-0.2, -0.15) is 0 Å². The molecule has 1 heterocycles. The van der Waals surface area contributed by atoms with Gasteiger partial charge in [-0.25, -0.2) is 0 Å². The van der Waals surface area contributed by atoms with Crippen molar-refractivity contribution in [3.63, 3.8) is 0 Å². The van der Waals surface area contributed by atoms with E-state index < -0.39 is 0 Å². The maximum Gasteiger partial charge on any atom is 0.0173 e. The predicted molar refractivity (Wildman–Crippen MR) is 84.0 cm³/mol. The van der Waals surface area contributed by atoms with Crippen LogP contribution in [0.3, 0.4) is 0 Å². The topological polar surface area (TPSA) is 3.24 Å². The number of benzene rings is 1. The lowest BCUT2D eigenvalue weighted by molar-refractivity contribution is 0.000522. The molecule has 2 aliphatic carbocycles. The van der Waals surface area contributed by atoms with E-state index in [1.165, 1.54) is 32.2 Å². The van der Waals surface area contributed by atoms with Crippen LogP contribution in [0, 0.1) is 11.8 Å². The molecule has 1 heteroatoms. The molecule has 4 atom stereocenters. The zero-order chi connectivity index (χ0) is 13.9. The fourth-order valence-corrected chi connectivity index (χ4v) is 4.98. The Morgan fingerprint density at radius 1 is 1.25 bits per heavy atom. The Bertz CT molecular complexity index is 518. The van der Waals surface area contributed by atoms with E-state index in [0.29, 0.717) is 5.41 Å². The summed E-state index contributed by atoms with van der Waals surface area (Å²) < 4.78 is 0. The van der Waals surface area contributed by atoms with Gasteiger partial charge in [-0.1, -0.05) is 38.1 Å². The summed E-state index contributed by atoms with van der Waals surface area (Å²) in [6.07, 6.45) is 5.53. The van der Waals surface area contributed by atoms with E-state index in [-0.39, 0.29) is 0 Å². The molecule has 1 aromatic carbocycles. The van der Waals surface area contributed by atoms with Crippen LogP contribution in [0.1, 0.15) is 51.2 Å². The van der Waals surface area contributed by atoms with Gasteiger partial charge in [0, 0.05) is 12.1 Å². The molecular formula is C19H27N. The van der Waals surface area contributed by atoms with Gasteiger partial charge in [0.1, 0.15) is 0 Å². The third kappa shape index (κ3) is 1.72. The molecule has 0 aromatic heterocycles. The first-order chi connectivity index (χ1) is 9.61. The van der Waals surface area contributed by atoms with Gasteiger partial charge in [-0.15, -0.1) is 0 Å². The highest BCUT2D eigenvalue weighted by atomic mass is 15.2. The molecule has 1 aromatic rings. The molecule has 3 unspecified atom stereocenters. The Morgan fingerprint density at radius 3 is 2.75 bits per heavy atom. The van der Waals surface area contributed by atoms with Crippen molar-refractivity contribution in [2.45, 2.75) is 64.0 Å². The molecule has 1 nitrogen and oxygen atoms in total. The SMILES string of the molecule is CC(C1CC1)N1CC[C@@]2(C)c3ccccc3CC1C2C. The fraction of sp³-hybridized carbons (Fsp3) is 0.684. The number of piperidine rings is 1. The third-order valence-electron chi connectivity index (χ3n) is 6.79. The van der Waals surface area contributed by atoms with E-state index in [1.54, 1.807) is 11.1 Å². The van der Waals surface area contributed by atoms with Gasteiger partial charge in [0.25, 0.3) is 0 Å². The van der Waals surface area contributed by atoms with Gasteiger partial charge in [-0.3, -0.25) is 4.90 Å². The summed E-state index contributed by atoms with van der Waals surface area (Å²) in [7, 11) is 0. The van der Waals surface area contributed by atoms with Crippen molar-refractivity contribution in [1.29, 1.82) is 0 Å². The minimum Gasteiger partial charge on any atom is -0.297 e. The van der Waals surface area contributed by atoms with Crippen molar-refractivity contribution in [3.05, 3.63) is 35.4 Å². The second-order valence-electron chi connectivity index (χ2n) is 7.70. The molecular weight excluding hydrogens is 242 g/mol. The van der Waals surface area contributed by atoms with E-state index >= 15 is 0 Å². The third-order valence-corrected chi connectivity index (χ3v) is 6.79. The van der Waals surface area contributed by atoms with Gasteiger partial charge < -0.3 is 0 Å². The molecule has 2 fully saturated rings. The monoisotopic (exact) mass is 269 g/mol. The van der Waals surface area contributed by atoms with Crippen LogP contribution in [-0.4, -0.2) is 23.5 Å². The number of likely N-dealkylation sites (tertiary alicyclic amines) is 1. The molecule has 3 aliphatic rings. The Labute approximate surface area is 123 Å². The molecule has 1 aliphatic heterocycles. The predicted octanol–water partition coefficient (Wildman–Crippen LogP) is 4.01.